The smallest absolute Gasteiger partial charge is 0.232 e. The highest BCUT2D eigenvalue weighted by atomic mass is 16.5. The van der Waals surface area contributed by atoms with Crippen LogP contribution in [0.4, 0.5) is 0 Å². The Morgan fingerprint density at radius 2 is 1.67 bits per heavy atom. The van der Waals surface area contributed by atoms with E-state index in [1.165, 1.54) is 0 Å². The first-order valence-electron chi connectivity index (χ1n) is 8.97. The summed E-state index contributed by atoms with van der Waals surface area (Å²) in [5.74, 6) is 0.964. The van der Waals surface area contributed by atoms with E-state index in [1.54, 1.807) is 36.3 Å². The summed E-state index contributed by atoms with van der Waals surface area (Å²) in [5, 5.41) is 2.71. The lowest BCUT2D eigenvalue weighted by Crippen LogP contribution is -2.36. The predicted octanol–water partition coefficient (Wildman–Crippen LogP) is 2.63. The summed E-state index contributed by atoms with van der Waals surface area (Å²) in [4.78, 5) is 26.0. The van der Waals surface area contributed by atoms with Crippen LogP contribution in [0.15, 0.2) is 54.6 Å². The quantitative estimate of drug-likeness (QED) is 0.516. The van der Waals surface area contributed by atoms with E-state index in [0.717, 1.165) is 11.3 Å². The number of hydrogen-bond acceptors (Lipinski definition) is 4. The van der Waals surface area contributed by atoms with Crippen molar-refractivity contribution < 1.29 is 19.1 Å². The first-order chi connectivity index (χ1) is 13.1. The Morgan fingerprint density at radius 1 is 1.00 bits per heavy atom. The zero-order valence-corrected chi connectivity index (χ0v) is 15.8. The summed E-state index contributed by atoms with van der Waals surface area (Å²) < 4.78 is 10.6. The molecule has 144 valence electrons. The Kier molecular flexibility index (Phi) is 8.16. The molecule has 0 radical (unpaired) electrons. The van der Waals surface area contributed by atoms with Crippen LogP contribution in [0, 0.1) is 0 Å². The van der Waals surface area contributed by atoms with Crippen LogP contribution in [-0.2, 0) is 16.1 Å². The zero-order chi connectivity index (χ0) is 19.5. The predicted molar refractivity (Wildman–Crippen MR) is 104 cm³/mol. The summed E-state index contributed by atoms with van der Waals surface area (Å²) in [6.45, 7) is 3.63. The molecule has 27 heavy (non-hydrogen) atoms. The van der Waals surface area contributed by atoms with Gasteiger partial charge in [-0.1, -0.05) is 30.3 Å². The van der Waals surface area contributed by atoms with Gasteiger partial charge in [0.2, 0.25) is 11.8 Å². The first kappa shape index (κ1) is 20.3. The number of benzene rings is 2. The Hall–Kier alpha value is -3.02. The van der Waals surface area contributed by atoms with Gasteiger partial charge in [-0.3, -0.25) is 9.59 Å². The third-order valence-electron chi connectivity index (χ3n) is 4.01. The molecule has 6 nitrogen and oxygen atoms in total. The molecule has 0 aliphatic heterocycles. The normalized spacial score (nSPS) is 10.1. The lowest BCUT2D eigenvalue weighted by molar-refractivity contribution is -0.136. The van der Waals surface area contributed by atoms with Crippen molar-refractivity contribution in [1.29, 1.82) is 0 Å². The molecular formula is C21H26N2O4. The second-order valence-electron chi connectivity index (χ2n) is 5.94. The number of ether oxygens (including phenoxy) is 2. The van der Waals surface area contributed by atoms with Crippen molar-refractivity contribution in [2.24, 2.45) is 0 Å². The van der Waals surface area contributed by atoms with Gasteiger partial charge in [0.25, 0.3) is 0 Å². The van der Waals surface area contributed by atoms with E-state index in [9.17, 15) is 9.59 Å². The molecule has 2 rings (SSSR count). The Balaban J connectivity index is 1.69. The standard InChI is InChI=1S/C21H26N2O4/c1-3-23(16-17-7-5-4-6-8-17)21(25)15-20(24)22-13-14-27-19-11-9-18(26-2)10-12-19/h4-12H,3,13-16H2,1-2H3,(H,22,24). The summed E-state index contributed by atoms with van der Waals surface area (Å²) in [6, 6.07) is 16.9. The highest BCUT2D eigenvalue weighted by Crippen LogP contribution is 2.16. The minimum Gasteiger partial charge on any atom is -0.497 e. The van der Waals surface area contributed by atoms with E-state index in [0.29, 0.717) is 32.0 Å². The molecule has 0 spiro atoms. The molecule has 0 aliphatic carbocycles. The zero-order valence-electron chi connectivity index (χ0n) is 15.8. The summed E-state index contributed by atoms with van der Waals surface area (Å²) >= 11 is 0. The largest absolute Gasteiger partial charge is 0.497 e. The van der Waals surface area contributed by atoms with Crippen molar-refractivity contribution in [2.45, 2.75) is 19.9 Å². The fourth-order valence-corrected chi connectivity index (χ4v) is 2.52. The van der Waals surface area contributed by atoms with Crippen molar-refractivity contribution in [3.8, 4) is 11.5 Å². The van der Waals surface area contributed by atoms with Crippen LogP contribution in [-0.4, -0.2) is 43.5 Å². The molecular weight excluding hydrogens is 344 g/mol. The average Bonchev–Trinajstić information content (AvgIpc) is 2.70. The van der Waals surface area contributed by atoms with Crippen LogP contribution in [0.5, 0.6) is 11.5 Å². The molecule has 0 aromatic heterocycles. The van der Waals surface area contributed by atoms with Crippen molar-refractivity contribution in [1.82, 2.24) is 10.2 Å². The molecule has 0 atom stereocenters. The van der Waals surface area contributed by atoms with Gasteiger partial charge in [-0.05, 0) is 36.8 Å². The van der Waals surface area contributed by atoms with Crippen molar-refractivity contribution in [3.05, 3.63) is 60.2 Å². The highest BCUT2D eigenvalue weighted by molar-refractivity contribution is 5.96. The van der Waals surface area contributed by atoms with E-state index < -0.39 is 0 Å². The number of methoxy groups -OCH3 is 1. The lowest BCUT2D eigenvalue weighted by atomic mass is 10.2. The molecule has 0 bridgehead atoms. The van der Waals surface area contributed by atoms with Crippen LogP contribution in [0.1, 0.15) is 18.9 Å². The molecule has 0 aliphatic rings. The third kappa shape index (κ3) is 7.01. The van der Waals surface area contributed by atoms with Gasteiger partial charge in [0, 0.05) is 13.1 Å². The molecule has 0 fully saturated rings. The van der Waals surface area contributed by atoms with Crippen molar-refractivity contribution in [3.63, 3.8) is 0 Å². The maximum absolute atomic E-state index is 12.3. The van der Waals surface area contributed by atoms with Crippen LogP contribution in [0.25, 0.3) is 0 Å². The molecule has 2 aromatic carbocycles. The Labute approximate surface area is 160 Å². The average molecular weight is 370 g/mol. The third-order valence-corrected chi connectivity index (χ3v) is 4.01. The Morgan fingerprint density at radius 3 is 2.30 bits per heavy atom. The topological polar surface area (TPSA) is 67.9 Å². The van der Waals surface area contributed by atoms with E-state index in [4.69, 9.17) is 9.47 Å². The van der Waals surface area contributed by atoms with Crippen molar-refractivity contribution >= 4 is 11.8 Å². The lowest BCUT2D eigenvalue weighted by Gasteiger charge is -2.20. The monoisotopic (exact) mass is 370 g/mol. The maximum atomic E-state index is 12.3. The molecule has 6 heteroatoms. The van der Waals surface area contributed by atoms with Gasteiger partial charge in [0.15, 0.2) is 0 Å². The van der Waals surface area contributed by atoms with Crippen LogP contribution in [0.2, 0.25) is 0 Å². The van der Waals surface area contributed by atoms with Crippen molar-refractivity contribution in [2.75, 3.05) is 26.8 Å². The molecule has 0 saturated heterocycles. The number of nitrogens with one attached hydrogen (secondary N) is 1. The van der Waals surface area contributed by atoms with E-state index >= 15 is 0 Å². The van der Waals surface area contributed by atoms with Gasteiger partial charge in [0.1, 0.15) is 24.5 Å². The van der Waals surface area contributed by atoms with Gasteiger partial charge in [-0.2, -0.15) is 0 Å². The molecule has 1 N–H and O–H groups in total. The van der Waals surface area contributed by atoms with Crippen LogP contribution >= 0.6 is 0 Å². The number of carbonyl (C=O) groups excluding carboxylic acids is 2. The number of rotatable bonds is 10. The van der Waals surface area contributed by atoms with Gasteiger partial charge < -0.3 is 19.7 Å². The fourth-order valence-electron chi connectivity index (χ4n) is 2.52. The van der Waals surface area contributed by atoms with E-state index in [-0.39, 0.29) is 18.2 Å². The van der Waals surface area contributed by atoms with Gasteiger partial charge in [0.05, 0.1) is 13.7 Å². The molecule has 0 unspecified atom stereocenters. The minimum absolute atomic E-state index is 0.163. The summed E-state index contributed by atoms with van der Waals surface area (Å²) in [7, 11) is 1.60. The van der Waals surface area contributed by atoms with Gasteiger partial charge >= 0.3 is 0 Å². The second kappa shape index (κ2) is 10.9. The minimum atomic E-state index is -0.301. The maximum Gasteiger partial charge on any atom is 0.232 e. The molecule has 0 heterocycles. The van der Waals surface area contributed by atoms with E-state index in [1.807, 2.05) is 37.3 Å². The van der Waals surface area contributed by atoms with Crippen LogP contribution in [0.3, 0.4) is 0 Å². The molecule has 0 saturated carbocycles. The Bertz CT molecular complexity index is 717. The first-order valence-corrected chi connectivity index (χ1v) is 8.97. The fraction of sp³-hybridized carbons (Fsp3) is 0.333. The second-order valence-corrected chi connectivity index (χ2v) is 5.94. The van der Waals surface area contributed by atoms with Gasteiger partial charge in [-0.15, -0.1) is 0 Å². The van der Waals surface area contributed by atoms with Crippen LogP contribution < -0.4 is 14.8 Å². The summed E-state index contributed by atoms with van der Waals surface area (Å²) in [6.07, 6.45) is -0.163. The summed E-state index contributed by atoms with van der Waals surface area (Å²) in [5.41, 5.74) is 1.04. The SMILES string of the molecule is CCN(Cc1ccccc1)C(=O)CC(=O)NCCOc1ccc(OC)cc1. The number of amides is 2. The molecule has 2 aromatic rings. The van der Waals surface area contributed by atoms with E-state index in [2.05, 4.69) is 5.32 Å². The molecule has 2 amide bonds. The number of hydrogen-bond donors (Lipinski definition) is 1. The van der Waals surface area contributed by atoms with Gasteiger partial charge in [-0.25, -0.2) is 0 Å². The number of nitrogens with zero attached hydrogens (tertiary/aromatic N) is 1. The number of carbonyl (C=O) groups is 2. The highest BCUT2D eigenvalue weighted by Gasteiger charge is 2.16.